The topological polar surface area (TPSA) is 107 Å². The number of halogens is 3. The number of nitrogens with zero attached hydrogens (tertiary/aromatic N) is 2. The minimum absolute atomic E-state index is 0.0406. The van der Waals surface area contributed by atoms with Crippen LogP contribution in [-0.4, -0.2) is 30.5 Å². The molecule has 0 radical (unpaired) electrons. The summed E-state index contributed by atoms with van der Waals surface area (Å²) in [5.41, 5.74) is -2.26. The molecule has 0 saturated heterocycles. The van der Waals surface area contributed by atoms with Crippen molar-refractivity contribution in [1.82, 2.24) is 5.16 Å². The van der Waals surface area contributed by atoms with E-state index in [9.17, 15) is 31.8 Å². The number of anilines is 1. The average molecular weight is 485 g/mol. The second-order valence-electron chi connectivity index (χ2n) is 7.86. The number of thiophene rings is 1. The molecule has 170 valence electrons. The van der Waals surface area contributed by atoms with Crippen molar-refractivity contribution in [2.45, 2.75) is 31.5 Å². The molecule has 2 aromatic heterocycles. The van der Waals surface area contributed by atoms with Gasteiger partial charge in [0, 0.05) is 28.7 Å². The zero-order valence-electron chi connectivity index (χ0n) is 16.6. The highest BCUT2D eigenvalue weighted by molar-refractivity contribution is 7.81. The first kappa shape index (κ1) is 22.5. The largest absolute Gasteiger partial charge is 0.755 e. The quantitative estimate of drug-likeness (QED) is 0.509. The Balaban J connectivity index is 1.78. The zero-order chi connectivity index (χ0) is 23.5. The summed E-state index contributed by atoms with van der Waals surface area (Å²) in [5, 5.41) is 13.6. The van der Waals surface area contributed by atoms with Crippen LogP contribution in [0.5, 0.6) is 0 Å². The number of benzene rings is 1. The highest BCUT2D eigenvalue weighted by atomic mass is 32.2. The molecule has 0 aliphatic heterocycles. The van der Waals surface area contributed by atoms with Crippen LogP contribution in [0.2, 0.25) is 0 Å². The van der Waals surface area contributed by atoms with Gasteiger partial charge >= 0.3 is 12.1 Å². The number of carboxylic acid groups (broad SMARTS) is 1. The maximum Gasteiger partial charge on any atom is 0.452 e. The van der Waals surface area contributed by atoms with Gasteiger partial charge in [0.05, 0.1) is 4.88 Å². The van der Waals surface area contributed by atoms with Crippen LogP contribution in [0.25, 0.3) is 10.6 Å². The summed E-state index contributed by atoms with van der Waals surface area (Å²) in [4.78, 5) is 12.7. The summed E-state index contributed by atoms with van der Waals surface area (Å²) < 4.78 is 68.2. The highest BCUT2D eigenvalue weighted by Crippen LogP contribution is 2.71. The summed E-state index contributed by atoms with van der Waals surface area (Å²) in [6.07, 6.45) is -4.72. The van der Waals surface area contributed by atoms with Gasteiger partial charge in [0.15, 0.2) is 5.54 Å². The number of aliphatic carboxylic acids is 1. The first-order valence-electron chi connectivity index (χ1n) is 9.24. The fraction of sp³-hybridized carbons (Fsp3) is 0.300. The molecule has 3 unspecified atom stereocenters. The van der Waals surface area contributed by atoms with Gasteiger partial charge in [-0.3, -0.25) is 8.51 Å². The fourth-order valence-electron chi connectivity index (χ4n) is 4.37. The normalized spacial score (nSPS) is 23.0. The van der Waals surface area contributed by atoms with Gasteiger partial charge in [-0.05, 0) is 17.7 Å². The van der Waals surface area contributed by atoms with E-state index in [1.54, 1.807) is 44.2 Å². The van der Waals surface area contributed by atoms with E-state index in [1.165, 1.54) is 12.1 Å². The Kier molecular flexibility index (Phi) is 5.22. The molecule has 1 fully saturated rings. The Labute approximate surface area is 186 Å². The average Bonchev–Trinajstić information content (AvgIpc) is 3.16. The van der Waals surface area contributed by atoms with Crippen molar-refractivity contribution in [3.8, 4) is 10.6 Å². The monoisotopic (exact) mass is 485 g/mol. The predicted octanol–water partition coefficient (Wildman–Crippen LogP) is 4.67. The van der Waals surface area contributed by atoms with Gasteiger partial charge in [-0.15, -0.1) is 11.3 Å². The lowest BCUT2D eigenvalue weighted by atomic mass is 10.0. The van der Waals surface area contributed by atoms with E-state index in [4.69, 9.17) is 0 Å². The van der Waals surface area contributed by atoms with E-state index in [0.29, 0.717) is 11.6 Å². The molecule has 0 spiro atoms. The minimum Gasteiger partial charge on any atom is -0.755 e. The molecule has 1 aliphatic rings. The first-order chi connectivity index (χ1) is 14.9. The lowest BCUT2D eigenvalue weighted by Crippen LogP contribution is -2.48. The van der Waals surface area contributed by atoms with Crippen LogP contribution in [0.1, 0.15) is 31.1 Å². The number of hydrogen-bond donors (Lipinski definition) is 1. The van der Waals surface area contributed by atoms with Gasteiger partial charge in [-0.1, -0.05) is 49.3 Å². The third-order valence-corrected chi connectivity index (χ3v) is 7.79. The number of hydrogen-bond acceptors (Lipinski definition) is 6. The molecular weight excluding hydrogens is 469 g/mol. The highest BCUT2D eigenvalue weighted by Gasteiger charge is 2.80. The molecule has 2 heterocycles. The molecule has 12 heteroatoms. The van der Waals surface area contributed by atoms with Crippen LogP contribution < -0.4 is 4.31 Å². The van der Waals surface area contributed by atoms with Gasteiger partial charge < -0.3 is 14.2 Å². The van der Waals surface area contributed by atoms with Crippen molar-refractivity contribution in [3.63, 3.8) is 0 Å². The number of carboxylic acids is 1. The van der Waals surface area contributed by atoms with E-state index < -0.39 is 46.0 Å². The lowest BCUT2D eigenvalue weighted by Gasteiger charge is -2.33. The molecule has 7 nitrogen and oxygen atoms in total. The predicted molar refractivity (Wildman–Crippen MR) is 110 cm³/mol. The van der Waals surface area contributed by atoms with Crippen molar-refractivity contribution >= 4 is 33.6 Å². The molecule has 32 heavy (non-hydrogen) atoms. The van der Waals surface area contributed by atoms with Gasteiger partial charge in [-0.2, -0.15) is 13.2 Å². The van der Waals surface area contributed by atoms with Gasteiger partial charge in [0.2, 0.25) is 5.76 Å². The summed E-state index contributed by atoms with van der Waals surface area (Å²) in [6, 6.07) is 12.1. The first-order valence-corrected chi connectivity index (χ1v) is 11.1. The number of carbonyl (C=O) groups is 1. The SMILES string of the molecule is CC1(C)C(c2ccccc2)C1(C(=O)O)N(c1ccc(-c2cc(C(F)(F)F)on2)s1)S(=O)[O-]. The molecule has 1 aromatic carbocycles. The third kappa shape index (κ3) is 3.24. The second-order valence-corrected chi connectivity index (χ2v) is 9.72. The Morgan fingerprint density at radius 3 is 2.44 bits per heavy atom. The standard InChI is InChI=1S/C20H17F3N2O5S2/c1-18(2)16(11-6-4-3-5-7-11)19(18,17(26)27)25(32(28)29)15-9-8-13(31-15)12-10-14(30-24-12)20(21,22)23/h3-10,16H,1-2H3,(H,26,27)(H,28,29)/p-1. The van der Waals surface area contributed by atoms with Crippen molar-refractivity contribution in [2.75, 3.05) is 4.31 Å². The number of alkyl halides is 3. The second kappa shape index (κ2) is 7.42. The zero-order valence-corrected chi connectivity index (χ0v) is 18.3. The third-order valence-electron chi connectivity index (χ3n) is 5.80. The molecule has 3 aromatic rings. The minimum atomic E-state index is -4.72. The fourth-order valence-corrected chi connectivity index (χ4v) is 6.45. The molecular formula is C20H16F3N2O5S2-. The Morgan fingerprint density at radius 1 is 1.25 bits per heavy atom. The Morgan fingerprint density at radius 2 is 1.91 bits per heavy atom. The van der Waals surface area contributed by atoms with E-state index in [1.807, 2.05) is 0 Å². The molecule has 0 bridgehead atoms. The van der Waals surface area contributed by atoms with Crippen LogP contribution in [0, 0.1) is 5.41 Å². The lowest BCUT2D eigenvalue weighted by molar-refractivity contribution is -0.155. The molecule has 1 saturated carbocycles. The van der Waals surface area contributed by atoms with Gasteiger partial charge in [-0.25, -0.2) is 4.79 Å². The van der Waals surface area contributed by atoms with Crippen molar-refractivity contribution in [2.24, 2.45) is 5.41 Å². The van der Waals surface area contributed by atoms with Crippen LogP contribution in [0.4, 0.5) is 18.2 Å². The van der Waals surface area contributed by atoms with Crippen LogP contribution >= 0.6 is 11.3 Å². The molecule has 4 rings (SSSR count). The maximum atomic E-state index is 12.8. The van der Waals surface area contributed by atoms with Crippen LogP contribution in [-0.2, 0) is 22.2 Å². The molecule has 1 aliphatic carbocycles. The number of rotatable bonds is 6. The molecule has 0 amide bonds. The smallest absolute Gasteiger partial charge is 0.452 e. The summed E-state index contributed by atoms with van der Waals surface area (Å²) >= 11 is -2.18. The Hall–Kier alpha value is -2.70. The molecule has 3 atom stereocenters. The summed E-state index contributed by atoms with van der Waals surface area (Å²) in [6.45, 7) is 3.33. The van der Waals surface area contributed by atoms with Crippen molar-refractivity contribution in [3.05, 3.63) is 59.9 Å². The van der Waals surface area contributed by atoms with Gasteiger partial charge in [0.1, 0.15) is 10.7 Å². The van der Waals surface area contributed by atoms with Gasteiger partial charge in [0.25, 0.3) is 0 Å². The van der Waals surface area contributed by atoms with E-state index in [-0.39, 0.29) is 15.6 Å². The van der Waals surface area contributed by atoms with Crippen LogP contribution in [0.15, 0.2) is 53.1 Å². The van der Waals surface area contributed by atoms with E-state index in [0.717, 1.165) is 15.6 Å². The van der Waals surface area contributed by atoms with E-state index >= 15 is 0 Å². The molecule has 1 N–H and O–H groups in total. The van der Waals surface area contributed by atoms with Crippen molar-refractivity contribution in [1.29, 1.82) is 0 Å². The Bertz CT molecular complexity index is 1190. The van der Waals surface area contributed by atoms with Crippen molar-refractivity contribution < 1.29 is 36.4 Å². The van der Waals surface area contributed by atoms with Crippen LogP contribution in [0.3, 0.4) is 0 Å². The maximum absolute atomic E-state index is 12.8. The summed E-state index contributed by atoms with van der Waals surface area (Å²) in [5.74, 6) is -3.27. The number of aromatic nitrogens is 1. The summed E-state index contributed by atoms with van der Waals surface area (Å²) in [7, 11) is 0. The van der Waals surface area contributed by atoms with E-state index in [2.05, 4.69) is 9.68 Å².